The monoisotopic (exact) mass is 556 g/mol. The Balaban J connectivity index is 1.37. The lowest BCUT2D eigenvalue weighted by Crippen LogP contribution is -2.55. The van der Waals surface area contributed by atoms with E-state index >= 15 is 0 Å². The van der Waals surface area contributed by atoms with Crippen LogP contribution in [0.3, 0.4) is 0 Å². The minimum absolute atomic E-state index is 0.101. The van der Waals surface area contributed by atoms with Crippen molar-refractivity contribution in [2.45, 2.75) is 37.5 Å². The molecule has 43 heavy (non-hydrogen) atoms. The molecule has 6 aromatic carbocycles. The molecule has 2 nitrogen and oxygen atoms in total. The van der Waals surface area contributed by atoms with Crippen LogP contribution in [0.2, 0.25) is 0 Å². The van der Waals surface area contributed by atoms with Gasteiger partial charge in [-0.15, -0.1) is 0 Å². The van der Waals surface area contributed by atoms with Crippen LogP contribution >= 0.6 is 0 Å². The second kappa shape index (κ2) is 8.74. The first-order chi connectivity index (χ1) is 21.3. The van der Waals surface area contributed by atoms with Gasteiger partial charge in [0.25, 0.3) is 0 Å². The molecule has 1 spiro atoms. The summed E-state index contributed by atoms with van der Waals surface area (Å²) in [5, 5.41) is 17.0. The molecule has 0 aliphatic heterocycles. The van der Waals surface area contributed by atoms with E-state index in [0.717, 1.165) is 28.4 Å². The summed E-state index contributed by atoms with van der Waals surface area (Å²) in [6.45, 7) is 0. The van der Waals surface area contributed by atoms with E-state index in [9.17, 15) is 5.02 Å². The Morgan fingerprint density at radius 2 is 1.05 bits per heavy atom. The van der Waals surface area contributed by atoms with Gasteiger partial charge in [-0.05, 0) is 117 Å². The Bertz CT molecular complexity index is 2040. The van der Waals surface area contributed by atoms with E-state index in [-0.39, 0.29) is 13.1 Å². The first kappa shape index (κ1) is 24.4. The number of rotatable bonds is 3. The van der Waals surface area contributed by atoms with Crippen LogP contribution in [0.1, 0.15) is 43.2 Å². The minimum atomic E-state index is -0.347. The highest BCUT2D eigenvalue weighted by Crippen LogP contribution is 2.70. The fourth-order valence-corrected chi connectivity index (χ4v) is 10.8. The molecule has 0 heterocycles. The molecule has 0 amide bonds. The lowest BCUT2D eigenvalue weighted by atomic mass is 9.43. The number of hydrogen-bond donors (Lipinski definition) is 1. The standard InChI is InChI=1S/C40H33BO2/c42-41-43-39-31-13-5-3-11-29(31)37(30-12-4-6-14-32(30)39)34-22-36-38(28-10-2-1-9-27(28)34)33-15-7-8-16-35(33)40(36)25-18-23-17-24(20-25)21-26(40)19-23/h1-16,22-26,41-42H,17-21H2. The van der Waals surface area contributed by atoms with Gasteiger partial charge in [-0.25, -0.2) is 0 Å². The van der Waals surface area contributed by atoms with Crippen molar-refractivity contribution in [2.75, 3.05) is 0 Å². The molecule has 4 saturated carbocycles. The molecule has 6 aromatic rings. The van der Waals surface area contributed by atoms with E-state index in [1.807, 2.05) is 0 Å². The predicted molar refractivity (Wildman–Crippen MR) is 178 cm³/mol. The maximum atomic E-state index is 9.88. The van der Waals surface area contributed by atoms with Crippen molar-refractivity contribution in [3.8, 4) is 28.0 Å². The van der Waals surface area contributed by atoms with Crippen LogP contribution in [-0.4, -0.2) is 12.7 Å². The minimum Gasteiger partial charge on any atom is -0.538 e. The van der Waals surface area contributed by atoms with E-state index in [1.165, 1.54) is 75.9 Å². The number of hydrogen-bond acceptors (Lipinski definition) is 2. The van der Waals surface area contributed by atoms with Gasteiger partial charge >= 0.3 is 7.69 Å². The molecule has 5 aliphatic carbocycles. The first-order valence-electron chi connectivity index (χ1n) is 16.1. The molecular weight excluding hydrogens is 523 g/mol. The van der Waals surface area contributed by atoms with E-state index in [2.05, 4.69) is 103 Å². The lowest BCUT2D eigenvalue weighted by molar-refractivity contribution is -0.0399. The largest absolute Gasteiger partial charge is 0.538 e. The van der Waals surface area contributed by atoms with Crippen LogP contribution in [0, 0.1) is 23.7 Å². The molecule has 0 aromatic heterocycles. The topological polar surface area (TPSA) is 29.5 Å². The fourth-order valence-electron chi connectivity index (χ4n) is 10.8. The summed E-state index contributed by atoms with van der Waals surface area (Å²) in [6, 6.07) is 38.4. The molecule has 0 saturated heterocycles. The molecule has 11 rings (SSSR count). The molecule has 208 valence electrons. The fraction of sp³-hybridized carbons (Fsp3) is 0.250. The van der Waals surface area contributed by atoms with Gasteiger partial charge in [-0.2, -0.15) is 0 Å². The third-order valence-electron chi connectivity index (χ3n) is 11.9. The molecule has 0 unspecified atom stereocenters. The van der Waals surface area contributed by atoms with Gasteiger partial charge < -0.3 is 9.68 Å². The van der Waals surface area contributed by atoms with Crippen molar-refractivity contribution in [1.29, 1.82) is 0 Å². The number of fused-ring (bicyclic) bond motifs is 7. The van der Waals surface area contributed by atoms with Crippen molar-refractivity contribution in [3.63, 3.8) is 0 Å². The Kier molecular flexibility index (Phi) is 4.95. The maximum absolute atomic E-state index is 9.88. The zero-order valence-electron chi connectivity index (χ0n) is 24.2. The van der Waals surface area contributed by atoms with Gasteiger partial charge in [0.15, 0.2) is 0 Å². The first-order valence-corrected chi connectivity index (χ1v) is 16.1. The summed E-state index contributed by atoms with van der Waals surface area (Å²) < 4.78 is 5.94. The normalized spacial score (nSPS) is 26.3. The Hall–Kier alpha value is -4.08. The lowest BCUT2D eigenvalue weighted by Gasteiger charge is -2.61. The summed E-state index contributed by atoms with van der Waals surface area (Å²) in [5.74, 6) is 4.02. The van der Waals surface area contributed by atoms with Crippen LogP contribution in [0.4, 0.5) is 0 Å². The van der Waals surface area contributed by atoms with Crippen molar-refractivity contribution in [3.05, 3.63) is 114 Å². The zero-order chi connectivity index (χ0) is 28.3. The summed E-state index contributed by atoms with van der Waals surface area (Å²) >= 11 is 0. The summed E-state index contributed by atoms with van der Waals surface area (Å²) in [4.78, 5) is 0. The van der Waals surface area contributed by atoms with Crippen LogP contribution in [0.15, 0.2) is 103 Å². The van der Waals surface area contributed by atoms with Crippen molar-refractivity contribution < 1.29 is 9.68 Å². The third-order valence-corrected chi connectivity index (χ3v) is 11.9. The maximum Gasteiger partial charge on any atom is 0.504 e. The van der Waals surface area contributed by atoms with E-state index in [4.69, 9.17) is 4.65 Å². The molecule has 4 fully saturated rings. The van der Waals surface area contributed by atoms with Gasteiger partial charge in [0.1, 0.15) is 5.75 Å². The van der Waals surface area contributed by atoms with Gasteiger partial charge in [-0.1, -0.05) is 97.1 Å². The van der Waals surface area contributed by atoms with Crippen molar-refractivity contribution in [2.24, 2.45) is 23.7 Å². The smallest absolute Gasteiger partial charge is 0.504 e. The third kappa shape index (κ3) is 3.04. The molecule has 0 radical (unpaired) electrons. The summed E-state index contributed by atoms with van der Waals surface area (Å²) in [5.41, 5.74) is 8.82. The predicted octanol–water partition coefficient (Wildman–Crippen LogP) is 9.17. The highest BCUT2D eigenvalue weighted by molar-refractivity contribution is 6.24. The highest BCUT2D eigenvalue weighted by atomic mass is 16.5. The number of benzene rings is 6. The van der Waals surface area contributed by atoms with Crippen LogP contribution in [0.25, 0.3) is 54.6 Å². The summed E-state index contributed by atoms with van der Waals surface area (Å²) in [6.07, 6.45) is 6.97. The van der Waals surface area contributed by atoms with Gasteiger partial charge in [-0.3, -0.25) is 0 Å². The van der Waals surface area contributed by atoms with Crippen molar-refractivity contribution in [1.82, 2.24) is 0 Å². The van der Waals surface area contributed by atoms with Gasteiger partial charge in [0, 0.05) is 16.2 Å². The van der Waals surface area contributed by atoms with E-state index in [1.54, 1.807) is 11.1 Å². The SMILES string of the molecule is OBOc1c2ccccc2c(-c2cc3c(c4ccccc24)-c2ccccc2C32C3CC4CC(C3)CC2C4)c2ccccc12. The van der Waals surface area contributed by atoms with E-state index < -0.39 is 0 Å². The van der Waals surface area contributed by atoms with Crippen molar-refractivity contribution >= 4 is 40.0 Å². The highest BCUT2D eigenvalue weighted by Gasteiger charge is 2.61. The van der Waals surface area contributed by atoms with Crippen LogP contribution < -0.4 is 4.65 Å². The molecule has 4 bridgehead atoms. The van der Waals surface area contributed by atoms with Gasteiger partial charge in [0.05, 0.1) is 0 Å². The Morgan fingerprint density at radius 1 is 0.535 bits per heavy atom. The molecule has 1 N–H and O–H groups in total. The van der Waals surface area contributed by atoms with Crippen LogP contribution in [0.5, 0.6) is 5.75 Å². The molecule has 5 aliphatic rings. The molecule has 0 atom stereocenters. The summed E-state index contributed by atoms with van der Waals surface area (Å²) in [7, 11) is -0.347. The quantitative estimate of drug-likeness (QED) is 0.174. The molecule has 3 heteroatoms. The average molecular weight is 557 g/mol. The second-order valence-electron chi connectivity index (χ2n) is 13.7. The zero-order valence-corrected chi connectivity index (χ0v) is 24.2. The van der Waals surface area contributed by atoms with Gasteiger partial charge in [0.2, 0.25) is 0 Å². The molecular formula is C40H33BO2. The second-order valence-corrected chi connectivity index (χ2v) is 13.7. The Labute approximate surface area is 252 Å². The van der Waals surface area contributed by atoms with Crippen LogP contribution in [-0.2, 0) is 5.41 Å². The average Bonchev–Trinajstić information content (AvgIpc) is 3.34. The Morgan fingerprint density at radius 3 is 1.65 bits per heavy atom. The van der Waals surface area contributed by atoms with E-state index in [0.29, 0.717) is 11.8 Å².